The van der Waals surface area contributed by atoms with Crippen molar-refractivity contribution in [3.8, 4) is 0 Å². The second-order valence-corrected chi connectivity index (χ2v) is 6.63. The second-order valence-electron chi connectivity index (χ2n) is 5.40. The summed E-state index contributed by atoms with van der Waals surface area (Å²) in [7, 11) is 1.91. The van der Waals surface area contributed by atoms with Crippen LogP contribution in [0.3, 0.4) is 0 Å². The maximum absolute atomic E-state index is 4.64. The van der Waals surface area contributed by atoms with E-state index in [1.807, 2.05) is 13.1 Å². The van der Waals surface area contributed by atoms with Crippen molar-refractivity contribution < 1.29 is 0 Å². The number of thioether (sulfide) groups is 1. The second kappa shape index (κ2) is 6.63. The molecule has 1 saturated heterocycles. The Balaban J connectivity index is 1.54. The molecule has 0 aromatic carbocycles. The van der Waals surface area contributed by atoms with Crippen LogP contribution < -0.4 is 10.6 Å². The summed E-state index contributed by atoms with van der Waals surface area (Å²) >= 11 is 2.05. The van der Waals surface area contributed by atoms with Gasteiger partial charge in [-0.15, -0.1) is 0 Å². The summed E-state index contributed by atoms with van der Waals surface area (Å²) in [5.74, 6) is 5.99. The summed E-state index contributed by atoms with van der Waals surface area (Å²) in [5.41, 5.74) is 0. The van der Waals surface area contributed by atoms with Crippen molar-refractivity contribution >= 4 is 23.4 Å². The van der Waals surface area contributed by atoms with Crippen molar-refractivity contribution in [1.29, 1.82) is 0 Å². The highest BCUT2D eigenvalue weighted by Crippen LogP contribution is 2.38. The number of anilines is 2. The number of hydrogen-bond donors (Lipinski definition) is 2. The van der Waals surface area contributed by atoms with Crippen LogP contribution in [0.5, 0.6) is 0 Å². The molecule has 0 bridgehead atoms. The molecule has 2 heterocycles. The van der Waals surface area contributed by atoms with Crippen molar-refractivity contribution in [3.63, 3.8) is 0 Å². The smallest absolute Gasteiger partial charge is 0.136 e. The van der Waals surface area contributed by atoms with Crippen LogP contribution in [0.25, 0.3) is 0 Å². The third-order valence-electron chi connectivity index (χ3n) is 3.78. The van der Waals surface area contributed by atoms with Gasteiger partial charge in [0.15, 0.2) is 0 Å². The Morgan fingerprint density at radius 1 is 1.25 bits per heavy atom. The lowest BCUT2D eigenvalue weighted by molar-refractivity contribution is 0.314. The Morgan fingerprint density at radius 2 is 2.00 bits per heavy atom. The first-order valence-electron chi connectivity index (χ1n) is 7.46. The predicted molar refractivity (Wildman–Crippen MR) is 85.8 cm³/mol. The molecule has 1 aromatic heterocycles. The molecule has 110 valence electrons. The lowest BCUT2D eigenvalue weighted by Gasteiger charge is -2.26. The van der Waals surface area contributed by atoms with E-state index in [1.54, 1.807) is 0 Å². The molecule has 1 aromatic rings. The Hall–Kier alpha value is -1.01. The minimum Gasteiger partial charge on any atom is -0.373 e. The minimum absolute atomic E-state index is 0.586. The molecule has 2 fully saturated rings. The number of rotatable bonds is 6. The van der Waals surface area contributed by atoms with Gasteiger partial charge in [0.2, 0.25) is 0 Å². The van der Waals surface area contributed by atoms with E-state index in [0.717, 1.165) is 30.5 Å². The molecule has 1 aliphatic carbocycles. The Kier molecular flexibility index (Phi) is 4.62. The van der Waals surface area contributed by atoms with E-state index in [1.165, 1.54) is 37.4 Å². The third-order valence-corrected chi connectivity index (χ3v) is 4.72. The third kappa shape index (κ3) is 3.76. The summed E-state index contributed by atoms with van der Waals surface area (Å²) in [5, 5.41) is 6.58. The van der Waals surface area contributed by atoms with E-state index in [0.29, 0.717) is 5.92 Å². The summed E-state index contributed by atoms with van der Waals surface area (Å²) < 4.78 is 0. The van der Waals surface area contributed by atoms with Crippen LogP contribution in [0.15, 0.2) is 6.07 Å². The van der Waals surface area contributed by atoms with Crippen LogP contribution in [0.4, 0.5) is 11.6 Å². The summed E-state index contributed by atoms with van der Waals surface area (Å²) in [6, 6.07) is 2.00. The van der Waals surface area contributed by atoms with Gasteiger partial charge in [0.25, 0.3) is 0 Å². The maximum atomic E-state index is 4.64. The quantitative estimate of drug-likeness (QED) is 0.835. The monoisotopic (exact) mass is 293 g/mol. The highest BCUT2D eigenvalue weighted by Gasteiger charge is 2.27. The molecule has 1 aliphatic heterocycles. The van der Waals surface area contributed by atoms with Gasteiger partial charge >= 0.3 is 0 Å². The van der Waals surface area contributed by atoms with Crippen LogP contribution in [0.1, 0.15) is 24.6 Å². The van der Waals surface area contributed by atoms with Gasteiger partial charge in [0.1, 0.15) is 17.5 Å². The molecule has 0 amide bonds. The molecule has 5 nitrogen and oxygen atoms in total. The lowest BCUT2D eigenvalue weighted by atomic mass is 10.3. The van der Waals surface area contributed by atoms with E-state index < -0.39 is 0 Å². The minimum atomic E-state index is 0.586. The Morgan fingerprint density at radius 3 is 2.70 bits per heavy atom. The molecule has 20 heavy (non-hydrogen) atoms. The maximum Gasteiger partial charge on any atom is 0.136 e. The van der Waals surface area contributed by atoms with Crippen LogP contribution in [-0.4, -0.2) is 59.6 Å². The van der Waals surface area contributed by atoms with Gasteiger partial charge in [0, 0.05) is 56.7 Å². The molecule has 2 aliphatic rings. The average Bonchev–Trinajstić information content (AvgIpc) is 3.33. The van der Waals surface area contributed by atoms with Crippen LogP contribution in [-0.2, 0) is 0 Å². The molecule has 0 unspecified atom stereocenters. The largest absolute Gasteiger partial charge is 0.373 e. The fourth-order valence-electron chi connectivity index (χ4n) is 2.38. The fourth-order valence-corrected chi connectivity index (χ4v) is 3.35. The van der Waals surface area contributed by atoms with Gasteiger partial charge < -0.3 is 10.6 Å². The molecule has 0 atom stereocenters. The van der Waals surface area contributed by atoms with Gasteiger partial charge in [-0.3, -0.25) is 4.90 Å². The first-order valence-corrected chi connectivity index (χ1v) is 8.61. The molecule has 1 saturated carbocycles. The van der Waals surface area contributed by atoms with Crippen molar-refractivity contribution in [2.45, 2.75) is 18.8 Å². The van der Waals surface area contributed by atoms with Gasteiger partial charge in [-0.25, -0.2) is 9.97 Å². The normalized spacial score (nSPS) is 19.9. The fraction of sp³-hybridized carbons (Fsp3) is 0.714. The Bertz CT molecular complexity index is 443. The highest BCUT2D eigenvalue weighted by atomic mass is 32.2. The average molecular weight is 293 g/mol. The van der Waals surface area contributed by atoms with Crippen LogP contribution >= 0.6 is 11.8 Å². The van der Waals surface area contributed by atoms with Crippen molar-refractivity contribution in [2.24, 2.45) is 0 Å². The van der Waals surface area contributed by atoms with Crippen LogP contribution in [0.2, 0.25) is 0 Å². The molecule has 2 N–H and O–H groups in total. The number of nitrogens with one attached hydrogen (secondary N) is 2. The zero-order valence-electron chi connectivity index (χ0n) is 12.1. The van der Waals surface area contributed by atoms with E-state index in [-0.39, 0.29) is 0 Å². The van der Waals surface area contributed by atoms with Gasteiger partial charge in [-0.1, -0.05) is 0 Å². The topological polar surface area (TPSA) is 53.1 Å². The summed E-state index contributed by atoms with van der Waals surface area (Å²) in [6.07, 6.45) is 2.47. The van der Waals surface area contributed by atoms with E-state index in [4.69, 9.17) is 0 Å². The molecule has 0 radical (unpaired) electrons. The molecular weight excluding hydrogens is 270 g/mol. The number of aromatic nitrogens is 2. The molecule has 3 rings (SSSR count). The molecule has 0 spiro atoms. The zero-order valence-corrected chi connectivity index (χ0v) is 12.9. The SMILES string of the molecule is CNc1cc(NCCN2CCSCC2)nc(C2CC2)n1. The van der Waals surface area contributed by atoms with E-state index >= 15 is 0 Å². The Labute approximate surface area is 124 Å². The lowest BCUT2D eigenvalue weighted by Crippen LogP contribution is -2.36. The van der Waals surface area contributed by atoms with Gasteiger partial charge in [-0.2, -0.15) is 11.8 Å². The number of hydrogen-bond acceptors (Lipinski definition) is 6. The molecule has 6 heteroatoms. The van der Waals surface area contributed by atoms with E-state index in [9.17, 15) is 0 Å². The standard InChI is InChI=1S/C14H23N5S/c1-15-12-10-13(18-14(17-12)11-2-3-11)16-4-5-19-6-8-20-9-7-19/h10-11H,2-9H2,1H3,(H2,15,16,17,18). The zero-order chi connectivity index (χ0) is 13.8. The van der Waals surface area contributed by atoms with Crippen molar-refractivity contribution in [3.05, 3.63) is 11.9 Å². The van der Waals surface area contributed by atoms with Crippen molar-refractivity contribution in [2.75, 3.05) is 55.4 Å². The highest BCUT2D eigenvalue weighted by molar-refractivity contribution is 7.99. The van der Waals surface area contributed by atoms with E-state index in [2.05, 4.69) is 37.3 Å². The number of nitrogens with zero attached hydrogens (tertiary/aromatic N) is 3. The molecular formula is C14H23N5S. The predicted octanol–water partition coefficient (Wildman–Crippen LogP) is 1.86. The summed E-state index contributed by atoms with van der Waals surface area (Å²) in [4.78, 5) is 11.7. The van der Waals surface area contributed by atoms with Crippen LogP contribution in [0, 0.1) is 0 Å². The van der Waals surface area contributed by atoms with Crippen molar-refractivity contribution in [1.82, 2.24) is 14.9 Å². The first kappa shape index (κ1) is 13.9. The van der Waals surface area contributed by atoms with Gasteiger partial charge in [0.05, 0.1) is 0 Å². The summed E-state index contributed by atoms with van der Waals surface area (Å²) in [6.45, 7) is 4.48. The first-order chi connectivity index (χ1) is 9.85. The van der Waals surface area contributed by atoms with Gasteiger partial charge in [-0.05, 0) is 12.8 Å².